The van der Waals surface area contributed by atoms with Gasteiger partial charge in [0.2, 0.25) is 0 Å². The maximum absolute atomic E-state index is 11.6. The molecule has 0 aliphatic carbocycles. The Labute approximate surface area is 174 Å². The summed E-state index contributed by atoms with van der Waals surface area (Å²) in [6.07, 6.45) is 1.62. The standard InChI is InChI=1S/C18H30N4O2S.HI/c1-3-19-18(21-17-10-13-25(23,24)15-17)20-11-7-12-22(2)14-16-8-5-4-6-9-16;/h4-6,8-9,17H,3,7,10-15H2,1-2H3,(H2,19,20,21);1H. The highest BCUT2D eigenvalue weighted by molar-refractivity contribution is 14.0. The number of nitrogens with one attached hydrogen (secondary N) is 2. The van der Waals surface area contributed by atoms with Crippen LogP contribution in [0.2, 0.25) is 0 Å². The van der Waals surface area contributed by atoms with Crippen LogP contribution in [-0.2, 0) is 16.4 Å². The highest BCUT2D eigenvalue weighted by Gasteiger charge is 2.28. The summed E-state index contributed by atoms with van der Waals surface area (Å²) in [5.41, 5.74) is 1.31. The van der Waals surface area contributed by atoms with Crippen molar-refractivity contribution in [2.75, 3.05) is 38.2 Å². The van der Waals surface area contributed by atoms with E-state index in [1.54, 1.807) is 0 Å². The summed E-state index contributed by atoms with van der Waals surface area (Å²) in [6, 6.07) is 10.4. The predicted molar refractivity (Wildman–Crippen MR) is 119 cm³/mol. The minimum absolute atomic E-state index is 0. The summed E-state index contributed by atoms with van der Waals surface area (Å²) in [6.45, 7) is 5.39. The number of nitrogens with zero attached hydrogens (tertiary/aromatic N) is 2. The number of aliphatic imine (C=N–C) groups is 1. The van der Waals surface area contributed by atoms with E-state index in [4.69, 9.17) is 0 Å². The van der Waals surface area contributed by atoms with E-state index in [0.29, 0.717) is 13.0 Å². The molecule has 8 heteroatoms. The van der Waals surface area contributed by atoms with E-state index in [0.717, 1.165) is 32.0 Å². The first-order valence-electron chi connectivity index (χ1n) is 8.96. The molecular formula is C18H31IN4O2S. The monoisotopic (exact) mass is 494 g/mol. The first-order chi connectivity index (χ1) is 12.0. The molecule has 0 amide bonds. The summed E-state index contributed by atoms with van der Waals surface area (Å²) < 4.78 is 23.1. The zero-order valence-electron chi connectivity index (χ0n) is 15.6. The topological polar surface area (TPSA) is 73.8 Å². The predicted octanol–water partition coefficient (Wildman–Crippen LogP) is 1.87. The molecule has 0 radical (unpaired) electrons. The molecule has 1 unspecified atom stereocenters. The van der Waals surface area contributed by atoms with E-state index in [1.165, 1.54) is 5.56 Å². The number of guanidine groups is 1. The minimum atomic E-state index is -2.87. The zero-order valence-corrected chi connectivity index (χ0v) is 18.8. The second kappa shape index (κ2) is 11.8. The molecule has 26 heavy (non-hydrogen) atoms. The second-order valence-electron chi connectivity index (χ2n) is 6.58. The Hall–Kier alpha value is -0.870. The van der Waals surface area contributed by atoms with Gasteiger partial charge in [-0.05, 0) is 38.9 Å². The molecule has 0 bridgehead atoms. The van der Waals surface area contributed by atoms with Gasteiger partial charge >= 0.3 is 0 Å². The number of hydrogen-bond acceptors (Lipinski definition) is 4. The van der Waals surface area contributed by atoms with Crippen LogP contribution in [0.15, 0.2) is 35.3 Å². The molecule has 1 aliphatic heterocycles. The van der Waals surface area contributed by atoms with Crippen LogP contribution in [-0.4, -0.2) is 63.5 Å². The van der Waals surface area contributed by atoms with E-state index in [9.17, 15) is 8.42 Å². The quantitative estimate of drug-likeness (QED) is 0.250. The normalized spacial score (nSPS) is 19.2. The van der Waals surface area contributed by atoms with Crippen molar-refractivity contribution >= 4 is 39.8 Å². The van der Waals surface area contributed by atoms with Crippen molar-refractivity contribution in [2.45, 2.75) is 32.4 Å². The van der Waals surface area contributed by atoms with Gasteiger partial charge in [0.05, 0.1) is 11.5 Å². The van der Waals surface area contributed by atoms with Crippen molar-refractivity contribution < 1.29 is 8.42 Å². The van der Waals surface area contributed by atoms with Gasteiger partial charge in [0.25, 0.3) is 0 Å². The van der Waals surface area contributed by atoms with Gasteiger partial charge in [0.15, 0.2) is 15.8 Å². The van der Waals surface area contributed by atoms with Crippen molar-refractivity contribution in [2.24, 2.45) is 4.99 Å². The molecule has 0 aromatic heterocycles. The van der Waals surface area contributed by atoms with Crippen LogP contribution in [0.5, 0.6) is 0 Å². The Morgan fingerprint density at radius 2 is 2.04 bits per heavy atom. The number of hydrogen-bond donors (Lipinski definition) is 2. The highest BCUT2D eigenvalue weighted by Crippen LogP contribution is 2.11. The van der Waals surface area contributed by atoms with Crippen molar-refractivity contribution in [1.82, 2.24) is 15.5 Å². The molecule has 1 aromatic carbocycles. The molecular weight excluding hydrogens is 463 g/mol. The van der Waals surface area contributed by atoms with Gasteiger partial charge in [0, 0.05) is 25.7 Å². The summed E-state index contributed by atoms with van der Waals surface area (Å²) in [5, 5.41) is 6.44. The molecule has 1 aromatic rings. The van der Waals surface area contributed by atoms with Gasteiger partial charge in [-0.15, -0.1) is 24.0 Å². The van der Waals surface area contributed by atoms with Crippen LogP contribution in [0.3, 0.4) is 0 Å². The van der Waals surface area contributed by atoms with E-state index in [2.05, 4.69) is 51.8 Å². The molecule has 148 valence electrons. The van der Waals surface area contributed by atoms with Gasteiger partial charge in [-0.1, -0.05) is 30.3 Å². The summed E-state index contributed by atoms with van der Waals surface area (Å²) in [7, 11) is -0.760. The molecule has 0 saturated carbocycles. The first kappa shape index (κ1) is 23.2. The zero-order chi connectivity index (χ0) is 18.1. The molecule has 1 fully saturated rings. The third-order valence-electron chi connectivity index (χ3n) is 4.18. The number of sulfone groups is 1. The SMILES string of the molecule is CCNC(=NCCCN(C)Cc1ccccc1)NC1CCS(=O)(=O)C1.I. The highest BCUT2D eigenvalue weighted by atomic mass is 127. The van der Waals surface area contributed by atoms with E-state index < -0.39 is 9.84 Å². The van der Waals surface area contributed by atoms with Gasteiger partial charge < -0.3 is 15.5 Å². The molecule has 2 rings (SSSR count). The number of benzene rings is 1. The van der Waals surface area contributed by atoms with Gasteiger partial charge in [-0.2, -0.15) is 0 Å². The maximum Gasteiger partial charge on any atom is 0.191 e. The van der Waals surface area contributed by atoms with Crippen molar-refractivity contribution in [3.63, 3.8) is 0 Å². The van der Waals surface area contributed by atoms with E-state index in [-0.39, 0.29) is 41.5 Å². The fourth-order valence-electron chi connectivity index (χ4n) is 2.93. The Morgan fingerprint density at radius 1 is 1.31 bits per heavy atom. The van der Waals surface area contributed by atoms with Crippen LogP contribution in [0.25, 0.3) is 0 Å². The molecule has 0 spiro atoms. The van der Waals surface area contributed by atoms with Gasteiger partial charge in [-0.3, -0.25) is 4.99 Å². The first-order valence-corrected chi connectivity index (χ1v) is 10.8. The van der Waals surface area contributed by atoms with Gasteiger partial charge in [0.1, 0.15) is 0 Å². The second-order valence-corrected chi connectivity index (χ2v) is 8.81. The third kappa shape index (κ3) is 8.68. The Morgan fingerprint density at radius 3 is 2.65 bits per heavy atom. The summed E-state index contributed by atoms with van der Waals surface area (Å²) in [4.78, 5) is 6.86. The minimum Gasteiger partial charge on any atom is -0.357 e. The fraction of sp³-hybridized carbons (Fsp3) is 0.611. The van der Waals surface area contributed by atoms with Crippen molar-refractivity contribution in [3.05, 3.63) is 35.9 Å². The molecule has 1 heterocycles. The fourth-order valence-corrected chi connectivity index (χ4v) is 4.60. The lowest BCUT2D eigenvalue weighted by Gasteiger charge is -2.17. The largest absolute Gasteiger partial charge is 0.357 e. The molecule has 6 nitrogen and oxygen atoms in total. The maximum atomic E-state index is 11.6. The third-order valence-corrected chi connectivity index (χ3v) is 5.95. The van der Waals surface area contributed by atoms with Crippen molar-refractivity contribution in [3.8, 4) is 0 Å². The molecule has 1 saturated heterocycles. The van der Waals surface area contributed by atoms with Crippen molar-refractivity contribution in [1.29, 1.82) is 0 Å². The van der Waals surface area contributed by atoms with Crippen LogP contribution in [0.4, 0.5) is 0 Å². The van der Waals surface area contributed by atoms with Gasteiger partial charge in [-0.25, -0.2) is 8.42 Å². The Balaban J connectivity index is 0.00000338. The smallest absolute Gasteiger partial charge is 0.191 e. The van der Waals surface area contributed by atoms with Crippen LogP contribution >= 0.6 is 24.0 Å². The molecule has 1 atom stereocenters. The average Bonchev–Trinajstić information content (AvgIpc) is 2.91. The van der Waals surface area contributed by atoms with E-state index in [1.807, 2.05) is 13.0 Å². The van der Waals surface area contributed by atoms with Crippen LogP contribution in [0.1, 0.15) is 25.3 Å². The molecule has 2 N–H and O–H groups in total. The van der Waals surface area contributed by atoms with Crippen LogP contribution < -0.4 is 10.6 Å². The number of rotatable bonds is 8. The lowest BCUT2D eigenvalue weighted by Crippen LogP contribution is -2.44. The van der Waals surface area contributed by atoms with E-state index >= 15 is 0 Å². The molecule has 1 aliphatic rings. The summed E-state index contributed by atoms with van der Waals surface area (Å²) >= 11 is 0. The average molecular weight is 494 g/mol. The Kier molecular flexibility index (Phi) is 10.5. The summed E-state index contributed by atoms with van der Waals surface area (Å²) in [5.74, 6) is 1.20. The van der Waals surface area contributed by atoms with Crippen LogP contribution in [0, 0.1) is 0 Å². The Bertz CT molecular complexity index is 652. The lowest BCUT2D eigenvalue weighted by atomic mass is 10.2. The lowest BCUT2D eigenvalue weighted by molar-refractivity contribution is 0.324. The number of halogens is 1.